The molecule has 0 aliphatic rings. The molecule has 7 heteroatoms. The number of halogens is 2. The fraction of sp³-hybridized carbons (Fsp3) is 0.231. The van der Waals surface area contributed by atoms with Gasteiger partial charge in [0, 0.05) is 12.2 Å². The van der Waals surface area contributed by atoms with Crippen molar-refractivity contribution >= 4 is 34.6 Å². The molecule has 1 aromatic heterocycles. The van der Waals surface area contributed by atoms with Crippen molar-refractivity contribution in [2.24, 2.45) is 0 Å². The van der Waals surface area contributed by atoms with Crippen LogP contribution in [0.15, 0.2) is 24.5 Å². The van der Waals surface area contributed by atoms with Crippen LogP contribution in [0.2, 0.25) is 5.02 Å². The van der Waals surface area contributed by atoms with Gasteiger partial charge in [0.2, 0.25) is 0 Å². The van der Waals surface area contributed by atoms with Crippen molar-refractivity contribution in [1.82, 2.24) is 9.97 Å². The zero-order valence-electron chi connectivity index (χ0n) is 11.0. The molecule has 0 aliphatic carbocycles. The molecule has 2 aromatic rings. The Hall–Kier alpha value is -2.08. The molecule has 4 N–H and O–H groups in total. The minimum Gasteiger partial charge on any atom is -0.393 e. The van der Waals surface area contributed by atoms with Crippen LogP contribution in [0.4, 0.5) is 27.4 Å². The lowest BCUT2D eigenvalue weighted by Gasteiger charge is -2.12. The van der Waals surface area contributed by atoms with Crippen LogP contribution in [-0.4, -0.2) is 16.5 Å². The molecule has 5 nitrogen and oxygen atoms in total. The van der Waals surface area contributed by atoms with E-state index in [1.54, 1.807) is 6.07 Å². The van der Waals surface area contributed by atoms with E-state index in [1.807, 2.05) is 6.92 Å². The van der Waals surface area contributed by atoms with Crippen LogP contribution in [0.3, 0.4) is 0 Å². The summed E-state index contributed by atoms with van der Waals surface area (Å²) in [6, 6.07) is 4.30. The van der Waals surface area contributed by atoms with Crippen molar-refractivity contribution < 1.29 is 4.39 Å². The Balaban J connectivity index is 2.22. The maximum atomic E-state index is 13.1. The summed E-state index contributed by atoms with van der Waals surface area (Å²) in [6.07, 6.45) is 2.36. The van der Waals surface area contributed by atoms with Crippen LogP contribution in [0.5, 0.6) is 0 Å². The molecule has 2 rings (SSSR count). The van der Waals surface area contributed by atoms with Crippen molar-refractivity contribution in [2.45, 2.75) is 13.3 Å². The molecule has 0 aliphatic heterocycles. The van der Waals surface area contributed by atoms with Crippen LogP contribution in [0.25, 0.3) is 0 Å². The number of nitrogen functional groups attached to an aromatic ring is 1. The van der Waals surface area contributed by atoms with Gasteiger partial charge in [-0.2, -0.15) is 0 Å². The second kappa shape index (κ2) is 6.38. The summed E-state index contributed by atoms with van der Waals surface area (Å²) >= 11 is 5.73. The van der Waals surface area contributed by atoms with Gasteiger partial charge in [-0.3, -0.25) is 0 Å². The van der Waals surface area contributed by atoms with Crippen molar-refractivity contribution in [3.8, 4) is 0 Å². The third-order valence-corrected chi connectivity index (χ3v) is 2.90. The number of nitrogens with zero attached hydrogens (tertiary/aromatic N) is 2. The summed E-state index contributed by atoms with van der Waals surface area (Å²) in [4.78, 5) is 8.15. The number of hydrogen-bond donors (Lipinski definition) is 3. The molecule has 20 heavy (non-hydrogen) atoms. The molecule has 1 aromatic carbocycles. The van der Waals surface area contributed by atoms with Crippen molar-refractivity contribution in [1.29, 1.82) is 0 Å². The topological polar surface area (TPSA) is 75.9 Å². The highest BCUT2D eigenvalue weighted by Crippen LogP contribution is 2.27. The summed E-state index contributed by atoms with van der Waals surface area (Å²) in [5, 5.41) is 6.13. The summed E-state index contributed by atoms with van der Waals surface area (Å²) < 4.78 is 13.1. The average Bonchev–Trinajstić information content (AvgIpc) is 2.44. The minimum atomic E-state index is -0.474. The van der Waals surface area contributed by atoms with Crippen LogP contribution in [0.1, 0.15) is 13.3 Å². The summed E-state index contributed by atoms with van der Waals surface area (Å²) in [5.41, 5.74) is 6.99. The number of nitrogens with two attached hydrogens (primary N) is 1. The lowest BCUT2D eigenvalue weighted by Crippen LogP contribution is -2.08. The van der Waals surface area contributed by atoms with Crippen molar-refractivity contribution in [2.75, 3.05) is 22.9 Å². The molecule has 0 fully saturated rings. The number of benzene rings is 1. The normalized spacial score (nSPS) is 10.3. The SMILES string of the molecule is CCCNc1ncnc(Nc2ccc(F)c(Cl)c2)c1N. The van der Waals surface area contributed by atoms with Gasteiger partial charge in [-0.15, -0.1) is 0 Å². The number of aromatic nitrogens is 2. The lowest BCUT2D eigenvalue weighted by molar-refractivity contribution is 0.628. The first-order valence-corrected chi connectivity index (χ1v) is 6.56. The monoisotopic (exact) mass is 295 g/mol. The highest BCUT2D eigenvalue weighted by molar-refractivity contribution is 6.31. The third kappa shape index (κ3) is 3.27. The van der Waals surface area contributed by atoms with Gasteiger partial charge in [-0.05, 0) is 24.6 Å². The van der Waals surface area contributed by atoms with Gasteiger partial charge in [0.15, 0.2) is 11.6 Å². The minimum absolute atomic E-state index is 0.0342. The van der Waals surface area contributed by atoms with Crippen LogP contribution < -0.4 is 16.4 Å². The molecule has 0 bridgehead atoms. The van der Waals surface area contributed by atoms with Gasteiger partial charge >= 0.3 is 0 Å². The highest BCUT2D eigenvalue weighted by Gasteiger charge is 2.08. The molecule has 1 heterocycles. The molecule has 0 spiro atoms. The van der Waals surface area contributed by atoms with E-state index in [-0.39, 0.29) is 5.02 Å². The molecule has 0 radical (unpaired) electrons. The molecule has 0 unspecified atom stereocenters. The third-order valence-electron chi connectivity index (χ3n) is 2.61. The standard InChI is InChI=1S/C13H15ClFN5/c1-2-5-17-12-11(16)13(19-7-18-12)20-8-3-4-10(15)9(14)6-8/h3-4,6-7H,2,5,16H2,1H3,(H2,17,18,19,20). The van der Waals surface area contributed by atoms with Gasteiger partial charge in [0.05, 0.1) is 5.02 Å². The van der Waals surface area contributed by atoms with E-state index in [2.05, 4.69) is 20.6 Å². The Morgan fingerprint density at radius 3 is 2.75 bits per heavy atom. The molecule has 0 atom stereocenters. The lowest BCUT2D eigenvalue weighted by atomic mass is 10.3. The van der Waals surface area contributed by atoms with E-state index in [4.69, 9.17) is 17.3 Å². The van der Waals surface area contributed by atoms with E-state index in [9.17, 15) is 4.39 Å². The Bertz CT molecular complexity index is 605. The van der Waals surface area contributed by atoms with Crippen molar-refractivity contribution in [3.05, 3.63) is 35.4 Å². The second-order valence-corrected chi connectivity index (χ2v) is 4.57. The Morgan fingerprint density at radius 1 is 1.30 bits per heavy atom. The first-order valence-electron chi connectivity index (χ1n) is 6.18. The van der Waals surface area contributed by atoms with Gasteiger partial charge in [-0.25, -0.2) is 14.4 Å². The van der Waals surface area contributed by atoms with E-state index >= 15 is 0 Å². The van der Waals surface area contributed by atoms with Crippen molar-refractivity contribution in [3.63, 3.8) is 0 Å². The van der Waals surface area contributed by atoms with Crippen LogP contribution >= 0.6 is 11.6 Å². The van der Waals surface area contributed by atoms with E-state index < -0.39 is 5.82 Å². The number of nitrogens with one attached hydrogen (secondary N) is 2. The average molecular weight is 296 g/mol. The number of rotatable bonds is 5. The Morgan fingerprint density at radius 2 is 2.05 bits per heavy atom. The summed E-state index contributed by atoms with van der Waals surface area (Å²) in [6.45, 7) is 2.81. The fourth-order valence-corrected chi connectivity index (χ4v) is 1.77. The van der Waals surface area contributed by atoms with Gasteiger partial charge < -0.3 is 16.4 Å². The Labute approximate surface area is 121 Å². The van der Waals surface area contributed by atoms with E-state index in [0.717, 1.165) is 13.0 Å². The fourth-order valence-electron chi connectivity index (χ4n) is 1.59. The summed E-state index contributed by atoms with van der Waals surface area (Å²) in [7, 11) is 0. The molecule has 106 valence electrons. The zero-order chi connectivity index (χ0) is 14.5. The second-order valence-electron chi connectivity index (χ2n) is 4.17. The van der Waals surface area contributed by atoms with Gasteiger partial charge in [0.25, 0.3) is 0 Å². The zero-order valence-corrected chi connectivity index (χ0v) is 11.7. The maximum Gasteiger partial charge on any atom is 0.159 e. The molecule has 0 saturated carbocycles. The smallest absolute Gasteiger partial charge is 0.159 e. The first kappa shape index (κ1) is 14.3. The Kier molecular flexibility index (Phi) is 4.57. The van der Waals surface area contributed by atoms with Crippen LogP contribution in [0, 0.1) is 5.82 Å². The van der Waals surface area contributed by atoms with E-state index in [0.29, 0.717) is 23.0 Å². The predicted molar refractivity (Wildman–Crippen MR) is 79.9 cm³/mol. The highest BCUT2D eigenvalue weighted by atomic mass is 35.5. The quantitative estimate of drug-likeness (QED) is 0.788. The van der Waals surface area contributed by atoms with E-state index in [1.165, 1.54) is 18.5 Å². The molecular formula is C13H15ClFN5. The largest absolute Gasteiger partial charge is 0.393 e. The number of hydrogen-bond acceptors (Lipinski definition) is 5. The first-order chi connectivity index (χ1) is 9.61. The predicted octanol–water partition coefficient (Wildman–Crippen LogP) is 3.42. The molecule has 0 saturated heterocycles. The maximum absolute atomic E-state index is 13.1. The van der Waals surface area contributed by atoms with Gasteiger partial charge in [0.1, 0.15) is 17.8 Å². The molecular weight excluding hydrogens is 281 g/mol. The molecule has 0 amide bonds. The van der Waals surface area contributed by atoms with Gasteiger partial charge in [-0.1, -0.05) is 18.5 Å². The van der Waals surface area contributed by atoms with Crippen LogP contribution in [-0.2, 0) is 0 Å². The summed E-state index contributed by atoms with van der Waals surface area (Å²) in [5.74, 6) is 0.539. The number of anilines is 4.